The number of benzene rings is 6. The molecule has 55 heavy (non-hydrogen) atoms. The van der Waals surface area contributed by atoms with Crippen LogP contribution in [0.4, 0.5) is 0 Å². The van der Waals surface area contributed by atoms with E-state index in [1.807, 2.05) is 40.0 Å². The second-order valence-corrected chi connectivity index (χ2v) is 14.0. The summed E-state index contributed by atoms with van der Waals surface area (Å²) in [4.78, 5) is 16.6. The minimum atomic E-state index is 0. The molecule has 281 valence electrons. The van der Waals surface area contributed by atoms with Crippen molar-refractivity contribution >= 4 is 81.3 Å². The first kappa shape index (κ1) is 41.0. The molecule has 0 saturated heterocycles. The molecule has 4 heteroatoms. The second-order valence-electron chi connectivity index (χ2n) is 14.0. The van der Waals surface area contributed by atoms with E-state index in [9.17, 15) is 9.90 Å². The molecule has 0 aliphatic rings. The molecule has 8 rings (SSSR count). The Morgan fingerprint density at radius 3 is 1.53 bits per heavy atom. The van der Waals surface area contributed by atoms with Crippen molar-refractivity contribution in [1.29, 1.82) is 0 Å². The molecular formula is C51H49IrNO2-2. The van der Waals surface area contributed by atoms with E-state index >= 15 is 0 Å². The molecule has 7 aromatic carbocycles. The summed E-state index contributed by atoms with van der Waals surface area (Å²) in [6, 6.07) is 49.6. The van der Waals surface area contributed by atoms with Crippen LogP contribution in [0.3, 0.4) is 0 Å². The number of ketones is 1. The van der Waals surface area contributed by atoms with Gasteiger partial charge in [-0.2, -0.15) is 0 Å². The van der Waals surface area contributed by atoms with Gasteiger partial charge in [-0.05, 0) is 115 Å². The molecule has 3 nitrogen and oxygen atoms in total. The molecule has 1 heterocycles. The Morgan fingerprint density at radius 2 is 1.02 bits per heavy atom. The largest absolute Gasteiger partial charge is 0.512 e. The first-order valence-corrected chi connectivity index (χ1v) is 19.0. The molecule has 12 bridgehead atoms. The number of aromatic nitrogens is 1. The van der Waals surface area contributed by atoms with Gasteiger partial charge in [0.05, 0.1) is 5.76 Å². The van der Waals surface area contributed by atoms with Crippen LogP contribution in [0.2, 0.25) is 0 Å². The molecule has 0 unspecified atom stereocenters. The molecule has 0 atom stereocenters. The fourth-order valence-corrected chi connectivity index (χ4v) is 7.48. The minimum absolute atomic E-state index is 0. The number of aliphatic hydroxyl groups excluding tert-OH is 1. The first-order chi connectivity index (χ1) is 25.9. The van der Waals surface area contributed by atoms with Crippen LogP contribution in [-0.4, -0.2) is 15.9 Å². The summed E-state index contributed by atoms with van der Waals surface area (Å²) in [5.74, 6) is 0.547. The number of aliphatic hydroxyl groups is 1. The molecule has 0 aliphatic carbocycles. The summed E-state index contributed by atoms with van der Waals surface area (Å²) in [7, 11) is 0. The molecule has 0 amide bonds. The average Bonchev–Trinajstić information content (AvgIpc) is 3.21. The molecule has 8 aromatic rings. The van der Waals surface area contributed by atoms with E-state index in [2.05, 4.69) is 127 Å². The van der Waals surface area contributed by atoms with Crippen molar-refractivity contribution in [2.75, 3.05) is 0 Å². The minimum Gasteiger partial charge on any atom is -0.512 e. The summed E-state index contributed by atoms with van der Waals surface area (Å²) in [5, 5.41) is 25.2. The Morgan fingerprint density at radius 1 is 0.582 bits per heavy atom. The van der Waals surface area contributed by atoms with Gasteiger partial charge < -0.3 is 17.5 Å². The number of carbonyl (C=O) groups is 1. The molecule has 0 aliphatic heterocycles. The number of nitrogens with zero attached hydrogens (tertiary/aromatic N) is 1. The number of allylic oxidation sites excluding steroid dienone is 2. The first-order valence-electron chi connectivity index (χ1n) is 19.0. The predicted molar refractivity (Wildman–Crippen MR) is 234 cm³/mol. The van der Waals surface area contributed by atoms with Gasteiger partial charge in [-0.3, -0.25) is 4.79 Å². The van der Waals surface area contributed by atoms with Crippen LogP contribution in [0, 0.1) is 25.3 Å². The topological polar surface area (TPSA) is 50.2 Å². The van der Waals surface area contributed by atoms with Gasteiger partial charge in [-0.25, -0.2) is 0 Å². The molecular weight excluding hydrogens is 851 g/mol. The average molecular weight is 900 g/mol. The van der Waals surface area contributed by atoms with Crippen molar-refractivity contribution < 1.29 is 30.0 Å². The summed E-state index contributed by atoms with van der Waals surface area (Å²) < 4.78 is 0. The van der Waals surface area contributed by atoms with E-state index in [4.69, 9.17) is 4.98 Å². The Labute approximate surface area is 338 Å². The number of hydrogen-bond donors (Lipinski definition) is 1. The van der Waals surface area contributed by atoms with Gasteiger partial charge in [0.15, 0.2) is 5.78 Å². The van der Waals surface area contributed by atoms with Gasteiger partial charge in [0.2, 0.25) is 0 Å². The van der Waals surface area contributed by atoms with Gasteiger partial charge in [0, 0.05) is 44.2 Å². The Hall–Kier alpha value is -5.15. The number of hydrogen-bond acceptors (Lipinski definition) is 3. The maximum atomic E-state index is 11.7. The smallest absolute Gasteiger partial charge is 0.162 e. The normalized spacial score (nSPS) is 11.5. The summed E-state index contributed by atoms with van der Waals surface area (Å²) >= 11 is 0. The number of carbonyl (C=O) groups excluding carboxylic acids is 1. The van der Waals surface area contributed by atoms with Crippen LogP contribution in [0.5, 0.6) is 0 Å². The number of fused-ring (bicyclic) bond motifs is 15. The van der Waals surface area contributed by atoms with Gasteiger partial charge in [0.1, 0.15) is 0 Å². The summed E-state index contributed by atoms with van der Waals surface area (Å²) in [5.41, 5.74) is 0.934. The Kier molecular flexibility index (Phi) is 13.8. The van der Waals surface area contributed by atoms with Crippen LogP contribution in [0.15, 0.2) is 145 Å². The maximum Gasteiger partial charge on any atom is 0.162 e. The third-order valence-electron chi connectivity index (χ3n) is 10.8. The van der Waals surface area contributed by atoms with E-state index < -0.39 is 0 Å². The molecule has 0 spiro atoms. The Bertz CT molecular complexity index is 2560. The van der Waals surface area contributed by atoms with E-state index in [0.717, 1.165) is 47.4 Å². The fourth-order valence-electron chi connectivity index (χ4n) is 7.48. The van der Waals surface area contributed by atoms with Crippen LogP contribution >= 0.6 is 0 Å². The predicted octanol–water partition coefficient (Wildman–Crippen LogP) is 14.4. The molecule has 1 N–H and O–H groups in total. The van der Waals surface area contributed by atoms with Gasteiger partial charge in [-0.1, -0.05) is 113 Å². The number of rotatable bonds is 7. The second kappa shape index (κ2) is 18.5. The van der Waals surface area contributed by atoms with Crippen LogP contribution in [0.1, 0.15) is 53.4 Å². The van der Waals surface area contributed by atoms with Crippen LogP contribution in [-0.2, 0) is 24.9 Å². The summed E-state index contributed by atoms with van der Waals surface area (Å²) in [6.07, 6.45) is 6.90. The van der Waals surface area contributed by atoms with Gasteiger partial charge in [0.25, 0.3) is 0 Å². The molecule has 0 fully saturated rings. The summed E-state index contributed by atoms with van der Waals surface area (Å²) in [6.45, 7) is 8.07. The van der Waals surface area contributed by atoms with E-state index in [1.54, 1.807) is 0 Å². The van der Waals surface area contributed by atoms with Crippen molar-refractivity contribution in [1.82, 2.24) is 4.98 Å². The van der Waals surface area contributed by atoms with Crippen molar-refractivity contribution in [3.8, 4) is 0 Å². The van der Waals surface area contributed by atoms with Gasteiger partial charge in [-0.15, -0.1) is 35.0 Å². The molecule has 1 radical (unpaired) electrons. The van der Waals surface area contributed by atoms with E-state index in [1.165, 1.54) is 59.9 Å². The van der Waals surface area contributed by atoms with Gasteiger partial charge >= 0.3 is 0 Å². The zero-order valence-corrected chi connectivity index (χ0v) is 34.8. The Balaban J connectivity index is 0.000000295. The fraction of sp³-hybridized carbons (Fsp3) is 0.196. The quantitative estimate of drug-likeness (QED) is 0.0750. The third kappa shape index (κ3) is 8.89. The monoisotopic (exact) mass is 900 g/mol. The van der Waals surface area contributed by atoms with Crippen molar-refractivity contribution in [3.63, 3.8) is 0 Å². The van der Waals surface area contributed by atoms with Crippen molar-refractivity contribution in [3.05, 3.63) is 159 Å². The number of pyridine rings is 1. The van der Waals surface area contributed by atoms with Crippen molar-refractivity contribution in [2.24, 2.45) is 11.8 Å². The maximum absolute atomic E-state index is 11.7. The van der Waals surface area contributed by atoms with Crippen LogP contribution < -0.4 is 0 Å². The van der Waals surface area contributed by atoms with E-state index in [-0.39, 0.29) is 50.9 Å². The van der Waals surface area contributed by atoms with E-state index in [0.29, 0.717) is 0 Å². The molecule has 0 saturated carbocycles. The third-order valence-corrected chi connectivity index (χ3v) is 10.8. The zero-order chi connectivity index (χ0) is 36.9. The van der Waals surface area contributed by atoms with Crippen molar-refractivity contribution in [2.45, 2.75) is 53.4 Å². The van der Waals surface area contributed by atoms with Crippen LogP contribution in [0.25, 0.3) is 75.5 Å². The zero-order valence-electron chi connectivity index (χ0n) is 32.4. The molecule has 1 aromatic heterocycles. The standard InChI is InChI=1S/C37H22N.C13H24O2.CH3.Ir/c1-5-25-17-26(6-1)28-8-3-10-30(19-28)32-15-13-24-14-16-34-23-38-37(22-36(34)35(24)21-32)33-12-4-11-31(20-33)29-9-2-7-27(25)18-29;1-5-10(6-2)12(14)9-13(15)11(7-3)8-4;;/h1-11,13-23H;9-11,14H,5-8H2,1-4H3;1H3;/q-1;;-1;/b;12-9-;;. The SMILES string of the molecule is CCC(CC)C(=O)/C=C(\O)C(CC)CC.[CH3-].[Ir].[c-]1ccc2cc1c1cc3c(ccc4ccc(cc43)c3cccc(c3)c3cccc(c3)c3cccc2c3)cn1.